The van der Waals surface area contributed by atoms with Crippen molar-refractivity contribution in [2.24, 2.45) is 7.05 Å². The summed E-state index contributed by atoms with van der Waals surface area (Å²) in [5.41, 5.74) is -0.836. The second-order valence-corrected chi connectivity index (χ2v) is 5.17. The van der Waals surface area contributed by atoms with Crippen molar-refractivity contribution in [2.75, 3.05) is 5.32 Å². The van der Waals surface area contributed by atoms with Crippen molar-refractivity contribution in [2.45, 2.75) is 0 Å². The molecule has 0 amide bonds. The first-order valence-corrected chi connectivity index (χ1v) is 6.50. The number of aromatic nitrogens is 2. The molecule has 0 radical (unpaired) electrons. The van der Waals surface area contributed by atoms with Gasteiger partial charge in [0.15, 0.2) is 5.69 Å². The number of rotatable bonds is 3. The maximum Gasteiger partial charge on any atom is 0.358 e. The molecule has 0 aliphatic carbocycles. The Kier molecular flexibility index (Phi) is 4.02. The molecule has 0 saturated carbocycles. The predicted molar refractivity (Wildman–Crippen MR) is 78.8 cm³/mol. The van der Waals surface area contributed by atoms with E-state index < -0.39 is 17.3 Å². The Hall–Kier alpha value is -1.97. The van der Waals surface area contributed by atoms with Gasteiger partial charge >= 0.3 is 5.97 Å². The van der Waals surface area contributed by atoms with Gasteiger partial charge < -0.3 is 10.4 Å². The summed E-state index contributed by atoms with van der Waals surface area (Å²) in [5.74, 6) is -1.86. The molecule has 1 aromatic carbocycles. The van der Waals surface area contributed by atoms with Crippen LogP contribution in [0.1, 0.15) is 10.5 Å². The summed E-state index contributed by atoms with van der Waals surface area (Å²) in [6.07, 6.45) is 0. The average molecular weight is 389 g/mol. The zero-order valence-corrected chi connectivity index (χ0v) is 12.4. The summed E-state index contributed by atoms with van der Waals surface area (Å²) in [5, 5.41) is 15.3. The molecule has 1 aromatic heterocycles. The molecule has 2 rings (SSSR count). The molecule has 2 aromatic rings. The van der Waals surface area contributed by atoms with Gasteiger partial charge in [-0.1, -0.05) is 0 Å². The van der Waals surface area contributed by atoms with Gasteiger partial charge in [-0.05, 0) is 40.8 Å². The summed E-state index contributed by atoms with van der Waals surface area (Å²) in [4.78, 5) is 22.6. The number of carboxylic acids is 1. The molecule has 0 aliphatic rings. The standard InChI is InChI=1S/C12H9FIN3O3/c1-17-10(18)5-9(11(16-17)12(19)20)15-8-3-2-6(14)4-7(8)13/h2-5,15H,1H3,(H,19,20). The van der Waals surface area contributed by atoms with Crippen molar-refractivity contribution in [3.63, 3.8) is 0 Å². The van der Waals surface area contributed by atoms with Crippen LogP contribution in [0.3, 0.4) is 0 Å². The molecule has 0 aliphatic heterocycles. The summed E-state index contributed by atoms with van der Waals surface area (Å²) < 4.78 is 15.3. The second kappa shape index (κ2) is 5.57. The number of benzene rings is 1. The highest BCUT2D eigenvalue weighted by Gasteiger charge is 2.15. The van der Waals surface area contributed by atoms with Gasteiger partial charge in [0.05, 0.1) is 11.4 Å². The highest BCUT2D eigenvalue weighted by Crippen LogP contribution is 2.22. The third kappa shape index (κ3) is 2.95. The lowest BCUT2D eigenvalue weighted by atomic mass is 10.2. The van der Waals surface area contributed by atoms with E-state index in [1.54, 1.807) is 6.07 Å². The van der Waals surface area contributed by atoms with E-state index in [1.807, 2.05) is 22.6 Å². The maximum absolute atomic E-state index is 13.7. The van der Waals surface area contributed by atoms with E-state index in [-0.39, 0.29) is 17.1 Å². The van der Waals surface area contributed by atoms with E-state index in [2.05, 4.69) is 10.4 Å². The van der Waals surface area contributed by atoms with Gasteiger partial charge in [0.25, 0.3) is 5.56 Å². The van der Waals surface area contributed by atoms with Gasteiger partial charge in [0.1, 0.15) is 5.82 Å². The van der Waals surface area contributed by atoms with Crippen LogP contribution >= 0.6 is 22.6 Å². The maximum atomic E-state index is 13.7. The summed E-state index contributed by atoms with van der Waals surface area (Å²) >= 11 is 1.95. The van der Waals surface area contributed by atoms with Crippen LogP contribution < -0.4 is 10.9 Å². The van der Waals surface area contributed by atoms with Crippen LogP contribution in [-0.4, -0.2) is 20.9 Å². The Morgan fingerprint density at radius 3 is 2.70 bits per heavy atom. The number of aryl methyl sites for hydroxylation is 1. The van der Waals surface area contributed by atoms with Crippen LogP contribution in [0, 0.1) is 9.39 Å². The lowest BCUT2D eigenvalue weighted by molar-refractivity contribution is 0.0689. The number of nitrogens with one attached hydrogen (secondary N) is 1. The highest BCUT2D eigenvalue weighted by atomic mass is 127. The minimum Gasteiger partial charge on any atom is -0.476 e. The van der Waals surface area contributed by atoms with E-state index in [1.165, 1.54) is 19.2 Å². The predicted octanol–water partition coefficient (Wildman–Crippen LogP) is 1.97. The van der Waals surface area contributed by atoms with Gasteiger partial charge in [-0.2, -0.15) is 5.10 Å². The Bertz CT molecular complexity index is 745. The summed E-state index contributed by atoms with van der Waals surface area (Å²) in [6, 6.07) is 5.47. The first-order valence-electron chi connectivity index (χ1n) is 5.42. The number of halogens is 2. The monoisotopic (exact) mass is 389 g/mol. The first-order chi connectivity index (χ1) is 9.38. The third-order valence-corrected chi connectivity index (χ3v) is 3.17. The number of hydrogen-bond acceptors (Lipinski definition) is 4. The Morgan fingerprint density at radius 1 is 1.40 bits per heavy atom. The number of carboxylic acid groups (broad SMARTS) is 1. The van der Waals surface area contributed by atoms with Crippen molar-refractivity contribution in [3.05, 3.63) is 49.7 Å². The van der Waals surface area contributed by atoms with Gasteiger partial charge in [-0.15, -0.1) is 0 Å². The molecule has 0 saturated heterocycles. The van der Waals surface area contributed by atoms with Crippen molar-refractivity contribution < 1.29 is 14.3 Å². The summed E-state index contributed by atoms with van der Waals surface area (Å²) in [7, 11) is 1.34. The van der Waals surface area contributed by atoms with Crippen LogP contribution in [0.5, 0.6) is 0 Å². The second-order valence-electron chi connectivity index (χ2n) is 3.92. The molecule has 20 heavy (non-hydrogen) atoms. The van der Waals surface area contributed by atoms with Gasteiger partial charge in [-0.3, -0.25) is 4.79 Å². The van der Waals surface area contributed by atoms with Crippen LogP contribution in [0.25, 0.3) is 0 Å². The van der Waals surface area contributed by atoms with Crippen LogP contribution in [-0.2, 0) is 7.05 Å². The summed E-state index contributed by atoms with van der Waals surface area (Å²) in [6.45, 7) is 0. The van der Waals surface area contributed by atoms with E-state index in [0.29, 0.717) is 3.57 Å². The molecular weight excluding hydrogens is 380 g/mol. The first kappa shape index (κ1) is 14.4. The van der Waals surface area contributed by atoms with Crippen LogP contribution in [0.2, 0.25) is 0 Å². The molecule has 0 bridgehead atoms. The van der Waals surface area contributed by atoms with Crippen LogP contribution in [0.15, 0.2) is 29.1 Å². The SMILES string of the molecule is Cn1nc(C(=O)O)c(Nc2ccc(I)cc2F)cc1=O. The highest BCUT2D eigenvalue weighted by molar-refractivity contribution is 14.1. The molecule has 8 heteroatoms. The van der Waals surface area contributed by atoms with E-state index in [4.69, 9.17) is 5.11 Å². The Morgan fingerprint density at radius 2 is 2.10 bits per heavy atom. The lowest BCUT2D eigenvalue weighted by Crippen LogP contribution is -2.23. The fraction of sp³-hybridized carbons (Fsp3) is 0.0833. The third-order valence-electron chi connectivity index (χ3n) is 2.49. The van der Waals surface area contributed by atoms with Crippen LogP contribution in [0.4, 0.5) is 15.8 Å². The number of hydrogen-bond donors (Lipinski definition) is 2. The molecule has 6 nitrogen and oxygen atoms in total. The Balaban J connectivity index is 2.50. The fourth-order valence-corrected chi connectivity index (χ4v) is 1.98. The zero-order valence-electron chi connectivity index (χ0n) is 10.2. The molecule has 0 spiro atoms. The van der Waals surface area contributed by atoms with Gasteiger partial charge in [-0.25, -0.2) is 13.9 Å². The molecular formula is C12H9FIN3O3. The molecule has 0 atom stereocenters. The number of anilines is 2. The minimum atomic E-state index is -1.31. The van der Waals surface area contributed by atoms with Crippen molar-refractivity contribution in [3.8, 4) is 0 Å². The van der Waals surface area contributed by atoms with Crippen molar-refractivity contribution in [1.82, 2.24) is 9.78 Å². The number of aromatic carboxylic acids is 1. The fourth-order valence-electron chi connectivity index (χ4n) is 1.53. The molecule has 2 N–H and O–H groups in total. The van der Waals surface area contributed by atoms with E-state index >= 15 is 0 Å². The molecule has 0 fully saturated rings. The average Bonchev–Trinajstić information content (AvgIpc) is 2.36. The molecule has 104 valence electrons. The van der Waals surface area contributed by atoms with Gasteiger partial charge in [0, 0.05) is 16.7 Å². The number of nitrogens with zero attached hydrogens (tertiary/aromatic N) is 2. The molecule has 0 unspecified atom stereocenters. The van der Waals surface area contributed by atoms with E-state index in [0.717, 1.165) is 10.7 Å². The largest absolute Gasteiger partial charge is 0.476 e. The molecule has 1 heterocycles. The Labute approximate surface area is 126 Å². The minimum absolute atomic E-state index is 0.0549. The topological polar surface area (TPSA) is 84.2 Å². The van der Waals surface area contributed by atoms with E-state index in [9.17, 15) is 14.0 Å². The quantitative estimate of drug-likeness (QED) is 0.785. The van der Waals surface area contributed by atoms with Gasteiger partial charge in [0.2, 0.25) is 0 Å². The zero-order chi connectivity index (χ0) is 14.9. The lowest BCUT2D eigenvalue weighted by Gasteiger charge is -2.10. The smallest absolute Gasteiger partial charge is 0.358 e. The normalized spacial score (nSPS) is 10.3. The number of carbonyl (C=O) groups is 1. The van der Waals surface area contributed by atoms with Crippen molar-refractivity contribution >= 4 is 39.9 Å². The van der Waals surface area contributed by atoms with Crippen molar-refractivity contribution in [1.29, 1.82) is 0 Å².